The van der Waals surface area contributed by atoms with Crippen LogP contribution in [-0.4, -0.2) is 10.0 Å². The molecular weight excluding hydrogens is 348 g/mol. The number of hydrogen-bond acceptors (Lipinski definition) is 2. The summed E-state index contributed by atoms with van der Waals surface area (Å²) in [4.78, 5) is 0. The zero-order valence-corrected chi connectivity index (χ0v) is 13.0. The van der Waals surface area contributed by atoms with Crippen molar-refractivity contribution in [2.75, 3.05) is 6.61 Å². The van der Waals surface area contributed by atoms with Gasteiger partial charge in [-0.15, -0.1) is 0 Å². The minimum absolute atomic E-state index is 0.678. The number of alkyl halides is 2. The number of ether oxygens (including phenoxy) is 2. The highest BCUT2D eigenvalue weighted by molar-refractivity contribution is 9.25. The van der Waals surface area contributed by atoms with Gasteiger partial charge in [0.25, 0.3) is 0 Å². The highest BCUT2D eigenvalue weighted by Crippen LogP contribution is 2.36. The van der Waals surface area contributed by atoms with Crippen molar-refractivity contribution < 1.29 is 9.47 Å². The highest BCUT2D eigenvalue weighted by atomic mass is 79.9. The van der Waals surface area contributed by atoms with Crippen LogP contribution in [0.4, 0.5) is 0 Å². The van der Waals surface area contributed by atoms with Gasteiger partial charge in [-0.25, -0.2) is 0 Å². The molecular formula is C13H16Br2O2. The summed E-state index contributed by atoms with van der Waals surface area (Å²) >= 11 is 6.71. The SMILES string of the molecule is C=CC(Br)(Br)Oc1ccccc1OCCCC. The number of benzene rings is 1. The smallest absolute Gasteiger partial charge is 0.236 e. The van der Waals surface area contributed by atoms with Crippen LogP contribution in [0, 0.1) is 0 Å². The Morgan fingerprint density at radius 2 is 1.94 bits per heavy atom. The Morgan fingerprint density at radius 3 is 2.53 bits per heavy atom. The monoisotopic (exact) mass is 362 g/mol. The summed E-state index contributed by atoms with van der Waals surface area (Å²) < 4.78 is 10.6. The van der Waals surface area contributed by atoms with E-state index in [-0.39, 0.29) is 0 Å². The number of rotatable bonds is 7. The van der Waals surface area contributed by atoms with Crippen LogP contribution in [0.2, 0.25) is 0 Å². The fraction of sp³-hybridized carbons (Fsp3) is 0.385. The molecule has 1 aromatic rings. The van der Waals surface area contributed by atoms with Crippen molar-refractivity contribution in [2.45, 2.75) is 23.2 Å². The third-order valence-corrected chi connectivity index (χ3v) is 3.06. The molecule has 2 nitrogen and oxygen atoms in total. The molecule has 17 heavy (non-hydrogen) atoms. The fourth-order valence-corrected chi connectivity index (χ4v) is 1.52. The van der Waals surface area contributed by atoms with Crippen LogP contribution in [0.25, 0.3) is 0 Å². The summed E-state index contributed by atoms with van der Waals surface area (Å²) in [5.74, 6) is 1.42. The van der Waals surface area contributed by atoms with E-state index in [0.29, 0.717) is 12.4 Å². The molecule has 94 valence electrons. The zero-order chi connectivity index (χ0) is 12.7. The van der Waals surface area contributed by atoms with Gasteiger partial charge in [-0.2, -0.15) is 0 Å². The molecule has 0 fully saturated rings. The van der Waals surface area contributed by atoms with Crippen LogP contribution < -0.4 is 9.47 Å². The molecule has 4 heteroatoms. The summed E-state index contributed by atoms with van der Waals surface area (Å²) in [6, 6.07) is 7.58. The van der Waals surface area contributed by atoms with Crippen LogP contribution in [-0.2, 0) is 0 Å². The van der Waals surface area contributed by atoms with E-state index in [4.69, 9.17) is 9.47 Å². The van der Waals surface area contributed by atoms with E-state index in [1.165, 1.54) is 0 Å². The molecule has 0 heterocycles. The summed E-state index contributed by atoms with van der Waals surface area (Å²) in [6.07, 6.45) is 3.76. The number of hydrogen-bond donors (Lipinski definition) is 0. The van der Waals surface area contributed by atoms with Gasteiger partial charge >= 0.3 is 0 Å². The quantitative estimate of drug-likeness (QED) is 0.390. The molecule has 0 N–H and O–H groups in total. The van der Waals surface area contributed by atoms with E-state index in [0.717, 1.165) is 18.6 Å². The molecule has 0 bridgehead atoms. The maximum Gasteiger partial charge on any atom is 0.236 e. The van der Waals surface area contributed by atoms with Crippen LogP contribution in [0.15, 0.2) is 36.9 Å². The minimum Gasteiger partial charge on any atom is -0.490 e. The summed E-state index contributed by atoms with van der Waals surface area (Å²) in [5.41, 5.74) is 0. The highest BCUT2D eigenvalue weighted by Gasteiger charge is 2.21. The van der Waals surface area contributed by atoms with Crippen molar-refractivity contribution in [3.63, 3.8) is 0 Å². The number of unbranched alkanes of at least 4 members (excludes halogenated alkanes) is 1. The second kappa shape index (κ2) is 7.07. The molecule has 0 unspecified atom stereocenters. The van der Waals surface area contributed by atoms with Gasteiger partial charge in [0.05, 0.1) is 6.61 Å². The first-order chi connectivity index (χ1) is 8.09. The number of halogens is 2. The fourth-order valence-electron chi connectivity index (χ4n) is 1.17. The van der Waals surface area contributed by atoms with Crippen molar-refractivity contribution in [3.8, 4) is 11.5 Å². The molecule has 0 aliphatic rings. The Bertz CT molecular complexity index is 364. The van der Waals surface area contributed by atoms with E-state index in [1.807, 2.05) is 24.3 Å². The minimum atomic E-state index is -0.760. The van der Waals surface area contributed by atoms with Gasteiger partial charge in [0.15, 0.2) is 11.5 Å². The maximum atomic E-state index is 5.70. The molecule has 0 aliphatic heterocycles. The van der Waals surface area contributed by atoms with Crippen molar-refractivity contribution in [1.29, 1.82) is 0 Å². The molecule has 0 spiro atoms. The lowest BCUT2D eigenvalue weighted by Crippen LogP contribution is -2.17. The number of para-hydroxylation sites is 2. The average molecular weight is 364 g/mol. The lowest BCUT2D eigenvalue weighted by atomic mass is 10.3. The lowest BCUT2D eigenvalue weighted by Gasteiger charge is -2.20. The summed E-state index contributed by atoms with van der Waals surface area (Å²) in [7, 11) is 0. The maximum absolute atomic E-state index is 5.70. The van der Waals surface area contributed by atoms with E-state index < -0.39 is 3.42 Å². The summed E-state index contributed by atoms with van der Waals surface area (Å²) in [6.45, 7) is 6.50. The van der Waals surface area contributed by atoms with Gasteiger partial charge in [0.2, 0.25) is 3.42 Å². The normalized spacial score (nSPS) is 11.0. The molecule has 0 radical (unpaired) electrons. The second-order valence-electron chi connectivity index (χ2n) is 3.52. The molecule has 0 aliphatic carbocycles. The van der Waals surface area contributed by atoms with Crippen LogP contribution in [0.3, 0.4) is 0 Å². The predicted octanol–water partition coefficient (Wildman–Crippen LogP) is 4.87. The third-order valence-electron chi connectivity index (χ3n) is 2.09. The predicted molar refractivity (Wildman–Crippen MR) is 78.3 cm³/mol. The Labute approximate surface area is 119 Å². The first-order valence-corrected chi connectivity index (χ1v) is 7.10. The Kier molecular flexibility index (Phi) is 6.06. The van der Waals surface area contributed by atoms with Gasteiger partial charge in [0, 0.05) is 0 Å². The summed E-state index contributed by atoms with van der Waals surface area (Å²) in [5, 5.41) is 0. The largest absolute Gasteiger partial charge is 0.490 e. The lowest BCUT2D eigenvalue weighted by molar-refractivity contribution is 0.263. The standard InChI is InChI=1S/C13H16Br2O2/c1-3-5-10-16-11-8-6-7-9-12(11)17-13(14,15)4-2/h4,6-9H,2-3,5,10H2,1H3. The van der Waals surface area contributed by atoms with Crippen molar-refractivity contribution in [3.05, 3.63) is 36.9 Å². The molecule has 1 rings (SSSR count). The van der Waals surface area contributed by atoms with Gasteiger partial charge in [-0.3, -0.25) is 0 Å². The van der Waals surface area contributed by atoms with E-state index in [9.17, 15) is 0 Å². The molecule has 0 atom stereocenters. The third kappa shape index (κ3) is 5.13. The Morgan fingerprint density at radius 1 is 1.29 bits per heavy atom. The van der Waals surface area contributed by atoms with Crippen LogP contribution in [0.1, 0.15) is 19.8 Å². The first-order valence-electron chi connectivity index (χ1n) is 5.51. The van der Waals surface area contributed by atoms with Gasteiger partial charge in [-0.05, 0) is 56.5 Å². The molecule has 0 amide bonds. The van der Waals surface area contributed by atoms with Crippen LogP contribution in [0.5, 0.6) is 11.5 Å². The van der Waals surface area contributed by atoms with Gasteiger partial charge in [0.1, 0.15) is 0 Å². The molecule has 0 saturated carbocycles. The molecule has 0 aromatic heterocycles. The topological polar surface area (TPSA) is 18.5 Å². The second-order valence-corrected chi connectivity index (χ2v) is 6.94. The van der Waals surface area contributed by atoms with Crippen molar-refractivity contribution in [1.82, 2.24) is 0 Å². The molecule has 1 aromatic carbocycles. The average Bonchev–Trinajstić information content (AvgIpc) is 2.31. The van der Waals surface area contributed by atoms with E-state index in [2.05, 4.69) is 45.4 Å². The van der Waals surface area contributed by atoms with Crippen molar-refractivity contribution in [2.24, 2.45) is 0 Å². The van der Waals surface area contributed by atoms with E-state index in [1.54, 1.807) is 6.08 Å². The first kappa shape index (κ1) is 14.6. The van der Waals surface area contributed by atoms with Gasteiger partial charge in [-0.1, -0.05) is 32.1 Å². The van der Waals surface area contributed by atoms with Crippen molar-refractivity contribution >= 4 is 31.9 Å². The van der Waals surface area contributed by atoms with Crippen LogP contribution >= 0.6 is 31.9 Å². The zero-order valence-electron chi connectivity index (χ0n) is 9.79. The Hall–Kier alpha value is -0.480. The molecule has 0 saturated heterocycles. The van der Waals surface area contributed by atoms with E-state index >= 15 is 0 Å². The van der Waals surface area contributed by atoms with Gasteiger partial charge < -0.3 is 9.47 Å². The Balaban J connectivity index is 2.73.